The van der Waals surface area contributed by atoms with E-state index in [0.717, 1.165) is 31.6 Å². The van der Waals surface area contributed by atoms with Crippen molar-refractivity contribution in [1.29, 1.82) is 0 Å². The van der Waals surface area contributed by atoms with Gasteiger partial charge in [0.05, 0.1) is 12.7 Å². The Hall–Kier alpha value is -2.40. The third-order valence-corrected chi connectivity index (χ3v) is 4.65. The molecule has 1 aliphatic heterocycles. The number of likely N-dealkylation sites (tertiary alicyclic amines) is 1. The summed E-state index contributed by atoms with van der Waals surface area (Å²) in [5.41, 5.74) is 2.89. The smallest absolute Gasteiger partial charge is 0.255 e. The molecule has 2 aromatic rings. The first-order valence-electron chi connectivity index (χ1n) is 8.70. The van der Waals surface area contributed by atoms with Crippen LogP contribution < -0.4 is 10.1 Å². The highest BCUT2D eigenvalue weighted by molar-refractivity contribution is 5.97. The second-order valence-corrected chi connectivity index (χ2v) is 6.66. The van der Waals surface area contributed by atoms with E-state index in [1.165, 1.54) is 5.56 Å². The minimum Gasteiger partial charge on any atom is -0.496 e. The molecule has 132 valence electrons. The fourth-order valence-electron chi connectivity index (χ4n) is 3.30. The Morgan fingerprint density at radius 2 is 2.28 bits per heavy atom. The van der Waals surface area contributed by atoms with Crippen LogP contribution in [0, 0.1) is 12.8 Å². The summed E-state index contributed by atoms with van der Waals surface area (Å²) in [6.07, 6.45) is 4.82. The van der Waals surface area contributed by atoms with Crippen molar-refractivity contribution < 1.29 is 9.53 Å². The highest BCUT2D eigenvalue weighted by Crippen LogP contribution is 2.21. The largest absolute Gasteiger partial charge is 0.496 e. The molecule has 1 amide bonds. The summed E-state index contributed by atoms with van der Waals surface area (Å²) in [6.45, 7) is 5.65. The molecule has 0 unspecified atom stereocenters. The van der Waals surface area contributed by atoms with Gasteiger partial charge in [-0.2, -0.15) is 0 Å². The molecular formula is C20H25N3O2. The number of hydrogen-bond acceptors (Lipinski definition) is 4. The third-order valence-electron chi connectivity index (χ3n) is 4.65. The van der Waals surface area contributed by atoms with Gasteiger partial charge in [0.2, 0.25) is 0 Å². The van der Waals surface area contributed by atoms with Gasteiger partial charge in [0, 0.05) is 32.0 Å². The molecule has 1 saturated heterocycles. The number of benzene rings is 1. The lowest BCUT2D eigenvalue weighted by atomic mass is 10.1. The molecule has 1 N–H and O–H groups in total. The Morgan fingerprint density at radius 3 is 3.04 bits per heavy atom. The van der Waals surface area contributed by atoms with Crippen LogP contribution in [0.4, 0.5) is 0 Å². The molecule has 1 aromatic heterocycles. The molecule has 5 nitrogen and oxygen atoms in total. The second kappa shape index (κ2) is 8.12. The summed E-state index contributed by atoms with van der Waals surface area (Å²) < 4.78 is 5.30. The molecule has 0 bridgehead atoms. The first-order valence-corrected chi connectivity index (χ1v) is 8.70. The van der Waals surface area contributed by atoms with Gasteiger partial charge in [0.25, 0.3) is 5.91 Å². The second-order valence-electron chi connectivity index (χ2n) is 6.66. The van der Waals surface area contributed by atoms with Gasteiger partial charge >= 0.3 is 0 Å². The molecule has 1 atom stereocenters. The molecule has 2 heterocycles. The highest BCUT2D eigenvalue weighted by Gasteiger charge is 2.23. The normalized spacial score (nSPS) is 17.4. The minimum atomic E-state index is -0.0636. The number of aryl methyl sites for hydroxylation is 1. The Bertz CT molecular complexity index is 718. The van der Waals surface area contributed by atoms with Gasteiger partial charge in [-0.25, -0.2) is 0 Å². The van der Waals surface area contributed by atoms with Crippen LogP contribution in [0.3, 0.4) is 0 Å². The summed E-state index contributed by atoms with van der Waals surface area (Å²) in [5.74, 6) is 1.04. The molecule has 5 heteroatoms. The van der Waals surface area contributed by atoms with Crippen molar-refractivity contribution in [3.8, 4) is 5.75 Å². The van der Waals surface area contributed by atoms with Crippen LogP contribution in [0.15, 0.2) is 42.7 Å². The number of rotatable bonds is 6. The summed E-state index contributed by atoms with van der Waals surface area (Å²) in [4.78, 5) is 19.1. The zero-order valence-corrected chi connectivity index (χ0v) is 14.9. The van der Waals surface area contributed by atoms with Crippen LogP contribution in [-0.4, -0.2) is 42.5 Å². The van der Waals surface area contributed by atoms with Crippen molar-refractivity contribution in [2.45, 2.75) is 19.9 Å². The van der Waals surface area contributed by atoms with E-state index in [1.54, 1.807) is 13.3 Å². The first-order chi connectivity index (χ1) is 12.2. The molecule has 0 saturated carbocycles. The maximum absolute atomic E-state index is 12.5. The van der Waals surface area contributed by atoms with E-state index in [2.05, 4.69) is 21.3 Å². The number of carbonyl (C=O) groups excluding carboxylic acids is 1. The number of amides is 1. The SMILES string of the molecule is COc1ccc(C)cc1C(=O)NC[C@@H]1CCN(Cc2cccnc2)C1. The van der Waals surface area contributed by atoms with Crippen LogP contribution in [-0.2, 0) is 6.54 Å². The number of nitrogens with one attached hydrogen (secondary N) is 1. The average Bonchev–Trinajstić information content (AvgIpc) is 3.08. The zero-order valence-electron chi connectivity index (χ0n) is 14.9. The average molecular weight is 339 g/mol. The third kappa shape index (κ3) is 4.57. The maximum atomic E-state index is 12.5. The fourth-order valence-corrected chi connectivity index (χ4v) is 3.30. The Morgan fingerprint density at radius 1 is 1.40 bits per heavy atom. The maximum Gasteiger partial charge on any atom is 0.255 e. The van der Waals surface area contributed by atoms with Gasteiger partial charge in [0.15, 0.2) is 0 Å². The minimum absolute atomic E-state index is 0.0636. The molecule has 1 aliphatic rings. The summed E-state index contributed by atoms with van der Waals surface area (Å²) in [6, 6.07) is 9.74. The number of pyridine rings is 1. The first kappa shape index (κ1) is 17.4. The fraction of sp³-hybridized carbons (Fsp3) is 0.400. The summed E-state index contributed by atoms with van der Waals surface area (Å²) >= 11 is 0. The van der Waals surface area contributed by atoms with Gasteiger partial charge < -0.3 is 10.1 Å². The highest BCUT2D eigenvalue weighted by atomic mass is 16.5. The lowest BCUT2D eigenvalue weighted by molar-refractivity contribution is 0.0944. The van der Waals surface area contributed by atoms with Crippen LogP contribution in [0.25, 0.3) is 0 Å². The standard InChI is InChI=1S/C20H25N3O2/c1-15-5-6-19(25-2)18(10-15)20(24)22-12-17-7-9-23(14-17)13-16-4-3-8-21-11-16/h3-6,8,10-11,17H,7,9,12-14H2,1-2H3,(H,22,24)/t17-/m0/s1. The number of nitrogens with zero attached hydrogens (tertiary/aromatic N) is 2. The van der Waals surface area contributed by atoms with Crippen molar-refractivity contribution in [2.75, 3.05) is 26.7 Å². The van der Waals surface area contributed by atoms with Crippen LogP contribution in [0.5, 0.6) is 5.75 Å². The van der Waals surface area contributed by atoms with E-state index >= 15 is 0 Å². The van der Waals surface area contributed by atoms with Crippen LogP contribution >= 0.6 is 0 Å². The van der Waals surface area contributed by atoms with E-state index in [9.17, 15) is 4.79 Å². The zero-order chi connectivity index (χ0) is 17.6. The molecule has 0 radical (unpaired) electrons. The molecule has 0 aliphatic carbocycles. The van der Waals surface area contributed by atoms with Gasteiger partial charge in [0.1, 0.15) is 5.75 Å². The van der Waals surface area contributed by atoms with Crippen molar-refractivity contribution in [3.05, 3.63) is 59.4 Å². The Balaban J connectivity index is 1.51. The molecule has 3 rings (SSSR count). The summed E-state index contributed by atoms with van der Waals surface area (Å²) in [5, 5.41) is 3.07. The number of ether oxygens (including phenoxy) is 1. The number of methoxy groups -OCH3 is 1. The molecule has 25 heavy (non-hydrogen) atoms. The lowest BCUT2D eigenvalue weighted by Gasteiger charge is -2.16. The van der Waals surface area contributed by atoms with Crippen molar-refractivity contribution in [1.82, 2.24) is 15.2 Å². The van der Waals surface area contributed by atoms with E-state index in [-0.39, 0.29) is 5.91 Å². The summed E-state index contributed by atoms with van der Waals surface area (Å²) in [7, 11) is 1.59. The van der Waals surface area contributed by atoms with Crippen LogP contribution in [0.1, 0.15) is 27.9 Å². The Labute approximate surface area is 149 Å². The van der Waals surface area contributed by atoms with Crippen molar-refractivity contribution >= 4 is 5.91 Å². The number of aromatic nitrogens is 1. The predicted molar refractivity (Wildman–Crippen MR) is 97.7 cm³/mol. The van der Waals surface area contributed by atoms with Gasteiger partial charge in [-0.3, -0.25) is 14.7 Å². The molecule has 1 fully saturated rings. The molecule has 1 aromatic carbocycles. The van der Waals surface area contributed by atoms with Crippen LogP contribution in [0.2, 0.25) is 0 Å². The molecule has 0 spiro atoms. The quantitative estimate of drug-likeness (QED) is 0.879. The van der Waals surface area contributed by atoms with E-state index in [4.69, 9.17) is 4.74 Å². The van der Waals surface area contributed by atoms with Crippen molar-refractivity contribution in [2.24, 2.45) is 5.92 Å². The Kier molecular flexibility index (Phi) is 5.66. The van der Waals surface area contributed by atoms with Gasteiger partial charge in [-0.1, -0.05) is 17.7 Å². The van der Waals surface area contributed by atoms with E-state index in [1.807, 2.05) is 37.4 Å². The molecular weight excluding hydrogens is 314 g/mol. The monoisotopic (exact) mass is 339 g/mol. The van der Waals surface area contributed by atoms with Gasteiger partial charge in [-0.05, 0) is 49.6 Å². The van der Waals surface area contributed by atoms with Crippen molar-refractivity contribution in [3.63, 3.8) is 0 Å². The van der Waals surface area contributed by atoms with E-state index < -0.39 is 0 Å². The lowest BCUT2D eigenvalue weighted by Crippen LogP contribution is -2.31. The number of carbonyl (C=O) groups is 1. The topological polar surface area (TPSA) is 54.5 Å². The number of hydrogen-bond donors (Lipinski definition) is 1. The van der Waals surface area contributed by atoms with E-state index in [0.29, 0.717) is 23.8 Å². The van der Waals surface area contributed by atoms with Gasteiger partial charge in [-0.15, -0.1) is 0 Å². The predicted octanol–water partition coefficient (Wildman–Crippen LogP) is 2.65.